The molecule has 3 atom stereocenters. The van der Waals surface area contributed by atoms with Crippen LogP contribution in [0.2, 0.25) is 0 Å². The minimum Gasteiger partial charge on any atom is -0.378 e. The van der Waals surface area contributed by atoms with Gasteiger partial charge < -0.3 is 4.74 Å². The molecule has 1 aliphatic carbocycles. The first-order chi connectivity index (χ1) is 9.12. The van der Waals surface area contributed by atoms with Gasteiger partial charge in [0, 0.05) is 0 Å². The highest BCUT2D eigenvalue weighted by Crippen LogP contribution is 2.53. The van der Waals surface area contributed by atoms with E-state index in [0.717, 1.165) is 24.4 Å². The van der Waals surface area contributed by atoms with E-state index in [1.165, 1.54) is 51.4 Å². The van der Waals surface area contributed by atoms with Crippen LogP contribution in [0, 0.1) is 23.2 Å². The van der Waals surface area contributed by atoms with Gasteiger partial charge in [-0.05, 0) is 49.4 Å². The van der Waals surface area contributed by atoms with Crippen molar-refractivity contribution in [2.75, 3.05) is 6.61 Å². The number of rotatable bonds is 5. The molecule has 1 nitrogen and oxygen atoms in total. The van der Waals surface area contributed by atoms with E-state index in [-0.39, 0.29) is 0 Å². The van der Waals surface area contributed by atoms with E-state index < -0.39 is 0 Å². The van der Waals surface area contributed by atoms with Crippen molar-refractivity contribution in [1.82, 2.24) is 0 Å². The lowest BCUT2D eigenvalue weighted by atomic mass is 9.55. The molecule has 19 heavy (non-hydrogen) atoms. The molecule has 1 heteroatoms. The topological polar surface area (TPSA) is 9.23 Å². The first kappa shape index (κ1) is 15.4. The Balaban J connectivity index is 2.20. The van der Waals surface area contributed by atoms with Gasteiger partial charge in [0.2, 0.25) is 0 Å². The van der Waals surface area contributed by atoms with E-state index in [2.05, 4.69) is 27.7 Å². The zero-order chi connectivity index (χ0) is 13.9. The second-order valence-electron chi connectivity index (χ2n) is 7.29. The predicted octanol–water partition coefficient (Wildman–Crippen LogP) is 5.43. The summed E-state index contributed by atoms with van der Waals surface area (Å²) in [7, 11) is 0. The molecule has 0 aromatic heterocycles. The largest absolute Gasteiger partial charge is 0.378 e. The lowest BCUT2D eigenvalue weighted by molar-refractivity contribution is -0.01000. The van der Waals surface area contributed by atoms with Gasteiger partial charge in [-0.25, -0.2) is 0 Å². The molecule has 0 aromatic carbocycles. The Hall–Kier alpha value is -0.0400. The zero-order valence-corrected chi connectivity index (χ0v) is 13.6. The van der Waals surface area contributed by atoms with Gasteiger partial charge in [-0.2, -0.15) is 0 Å². The van der Waals surface area contributed by atoms with Gasteiger partial charge in [0.05, 0.1) is 12.7 Å². The van der Waals surface area contributed by atoms with Crippen molar-refractivity contribution >= 4 is 0 Å². The first-order valence-electron chi connectivity index (χ1n) is 8.74. The lowest BCUT2D eigenvalue weighted by Crippen LogP contribution is -2.43. The van der Waals surface area contributed by atoms with Crippen molar-refractivity contribution in [3.8, 4) is 0 Å². The molecule has 0 N–H and O–H groups in total. The third-order valence-electron chi connectivity index (χ3n) is 6.43. The van der Waals surface area contributed by atoms with Gasteiger partial charge in [-0.15, -0.1) is 0 Å². The summed E-state index contributed by atoms with van der Waals surface area (Å²) in [5.74, 6) is 2.63. The maximum Gasteiger partial charge on any atom is 0.0550 e. The molecule has 2 fully saturated rings. The van der Waals surface area contributed by atoms with Crippen LogP contribution in [-0.2, 0) is 4.74 Å². The Morgan fingerprint density at radius 2 is 1.68 bits per heavy atom. The van der Waals surface area contributed by atoms with Crippen molar-refractivity contribution in [3.63, 3.8) is 0 Å². The van der Waals surface area contributed by atoms with Crippen molar-refractivity contribution in [3.05, 3.63) is 0 Å². The van der Waals surface area contributed by atoms with Crippen LogP contribution < -0.4 is 0 Å². The second kappa shape index (κ2) is 6.61. The van der Waals surface area contributed by atoms with Gasteiger partial charge in [0.1, 0.15) is 0 Å². The smallest absolute Gasteiger partial charge is 0.0550 e. The highest BCUT2D eigenvalue weighted by Gasteiger charge is 2.47. The van der Waals surface area contributed by atoms with Crippen LogP contribution in [0.4, 0.5) is 0 Å². The fraction of sp³-hybridized carbons (Fsp3) is 1.00. The second-order valence-corrected chi connectivity index (χ2v) is 7.29. The SMILES string of the molecule is CCC(CC)C(C)(C1CCCCC1)C1COC(C)C1. The van der Waals surface area contributed by atoms with Crippen LogP contribution in [0.3, 0.4) is 0 Å². The van der Waals surface area contributed by atoms with E-state index in [1.807, 2.05) is 0 Å². The number of hydrogen-bond acceptors (Lipinski definition) is 1. The normalized spacial score (nSPS) is 32.7. The monoisotopic (exact) mass is 266 g/mol. The molecular weight excluding hydrogens is 232 g/mol. The van der Waals surface area contributed by atoms with Gasteiger partial charge in [0.25, 0.3) is 0 Å². The number of ether oxygens (including phenoxy) is 1. The minimum atomic E-state index is 0.488. The van der Waals surface area contributed by atoms with Crippen LogP contribution in [0.25, 0.3) is 0 Å². The molecule has 0 bridgehead atoms. The van der Waals surface area contributed by atoms with E-state index >= 15 is 0 Å². The fourth-order valence-electron chi connectivity index (χ4n) is 5.14. The summed E-state index contributed by atoms with van der Waals surface area (Å²) in [6, 6.07) is 0. The molecular formula is C18H34O. The van der Waals surface area contributed by atoms with Crippen LogP contribution >= 0.6 is 0 Å². The van der Waals surface area contributed by atoms with Gasteiger partial charge in [-0.3, -0.25) is 0 Å². The zero-order valence-electron chi connectivity index (χ0n) is 13.6. The van der Waals surface area contributed by atoms with E-state index in [1.54, 1.807) is 0 Å². The van der Waals surface area contributed by atoms with E-state index in [0.29, 0.717) is 11.5 Å². The standard InChI is InChI=1S/C18H34O/c1-5-15(6-2)18(4,16-10-8-7-9-11-16)17-12-14(3)19-13-17/h14-17H,5-13H2,1-4H3. The molecule has 1 aliphatic heterocycles. The minimum absolute atomic E-state index is 0.488. The Morgan fingerprint density at radius 3 is 2.16 bits per heavy atom. The first-order valence-corrected chi connectivity index (χ1v) is 8.74. The van der Waals surface area contributed by atoms with Crippen LogP contribution in [0.1, 0.15) is 79.1 Å². The molecule has 0 radical (unpaired) electrons. The Bertz CT molecular complexity index is 258. The molecule has 0 amide bonds. The maximum atomic E-state index is 5.94. The molecule has 2 rings (SSSR count). The predicted molar refractivity (Wildman–Crippen MR) is 82.3 cm³/mol. The Kier molecular flexibility index (Phi) is 5.34. The molecule has 0 aromatic rings. The molecule has 3 unspecified atom stereocenters. The van der Waals surface area contributed by atoms with Crippen molar-refractivity contribution in [2.24, 2.45) is 23.2 Å². The molecule has 1 saturated heterocycles. The molecule has 0 spiro atoms. The van der Waals surface area contributed by atoms with Gasteiger partial charge in [0.15, 0.2) is 0 Å². The van der Waals surface area contributed by atoms with Crippen LogP contribution in [-0.4, -0.2) is 12.7 Å². The summed E-state index contributed by atoms with van der Waals surface area (Å²) in [5.41, 5.74) is 0.522. The highest BCUT2D eigenvalue weighted by atomic mass is 16.5. The highest BCUT2D eigenvalue weighted by molar-refractivity contribution is 4.96. The van der Waals surface area contributed by atoms with Gasteiger partial charge >= 0.3 is 0 Å². The number of hydrogen-bond donors (Lipinski definition) is 0. The summed E-state index contributed by atoms with van der Waals surface area (Å²) < 4.78 is 5.94. The summed E-state index contributed by atoms with van der Waals surface area (Å²) in [5, 5.41) is 0. The van der Waals surface area contributed by atoms with E-state index in [4.69, 9.17) is 4.74 Å². The quantitative estimate of drug-likeness (QED) is 0.644. The average molecular weight is 266 g/mol. The summed E-state index contributed by atoms with van der Waals surface area (Å²) in [4.78, 5) is 0. The van der Waals surface area contributed by atoms with Crippen molar-refractivity contribution in [2.45, 2.75) is 85.2 Å². The molecule has 1 saturated carbocycles. The summed E-state index contributed by atoms with van der Waals surface area (Å²) in [6.45, 7) is 10.7. The lowest BCUT2D eigenvalue weighted by Gasteiger charge is -2.49. The molecule has 2 aliphatic rings. The van der Waals surface area contributed by atoms with Crippen LogP contribution in [0.15, 0.2) is 0 Å². The van der Waals surface area contributed by atoms with Crippen molar-refractivity contribution < 1.29 is 4.74 Å². The molecule has 1 heterocycles. The maximum absolute atomic E-state index is 5.94. The summed E-state index contributed by atoms with van der Waals surface area (Å²) in [6.07, 6.45) is 11.8. The third-order valence-corrected chi connectivity index (χ3v) is 6.43. The summed E-state index contributed by atoms with van der Waals surface area (Å²) >= 11 is 0. The van der Waals surface area contributed by atoms with Gasteiger partial charge in [-0.1, -0.05) is 52.9 Å². The third kappa shape index (κ3) is 3.01. The van der Waals surface area contributed by atoms with Crippen molar-refractivity contribution in [1.29, 1.82) is 0 Å². The Morgan fingerprint density at radius 1 is 1.05 bits per heavy atom. The Labute approximate surface area is 120 Å². The van der Waals surface area contributed by atoms with E-state index in [9.17, 15) is 0 Å². The fourth-order valence-corrected chi connectivity index (χ4v) is 5.14. The average Bonchev–Trinajstić information content (AvgIpc) is 2.88. The molecule has 112 valence electrons. The van der Waals surface area contributed by atoms with Crippen LogP contribution in [0.5, 0.6) is 0 Å².